The van der Waals surface area contributed by atoms with Gasteiger partial charge in [-0.1, -0.05) is 12.1 Å². The summed E-state index contributed by atoms with van der Waals surface area (Å²) < 4.78 is 1.10. The second-order valence-corrected chi connectivity index (χ2v) is 5.94. The van der Waals surface area contributed by atoms with Crippen LogP contribution < -0.4 is 5.32 Å². The Labute approximate surface area is 123 Å². The molecule has 0 amide bonds. The maximum atomic E-state index is 4.70. The summed E-state index contributed by atoms with van der Waals surface area (Å²) in [4.78, 5) is 10.4. The maximum absolute atomic E-state index is 4.70. The van der Waals surface area contributed by atoms with Crippen molar-refractivity contribution in [1.82, 2.24) is 15.3 Å². The molecule has 1 N–H and O–H groups in total. The van der Waals surface area contributed by atoms with E-state index in [0.29, 0.717) is 0 Å². The lowest BCUT2D eigenvalue weighted by Crippen LogP contribution is -2.18. The molecule has 0 radical (unpaired) electrons. The van der Waals surface area contributed by atoms with Crippen molar-refractivity contribution in [2.75, 3.05) is 7.05 Å². The number of hydrogen-bond acceptors (Lipinski definition) is 4. The molecular formula is C14H12BrN3S. The molecule has 19 heavy (non-hydrogen) atoms. The molecule has 0 aliphatic carbocycles. The number of rotatable bonds is 3. The summed E-state index contributed by atoms with van der Waals surface area (Å²) >= 11 is 5.28. The van der Waals surface area contributed by atoms with Gasteiger partial charge in [0, 0.05) is 9.35 Å². The van der Waals surface area contributed by atoms with Crippen LogP contribution in [0.25, 0.3) is 11.0 Å². The minimum Gasteiger partial charge on any atom is -0.307 e. The van der Waals surface area contributed by atoms with Crippen molar-refractivity contribution in [2.24, 2.45) is 0 Å². The third kappa shape index (κ3) is 2.41. The van der Waals surface area contributed by atoms with Gasteiger partial charge in [-0.05, 0) is 46.6 Å². The van der Waals surface area contributed by atoms with Crippen LogP contribution in [0.2, 0.25) is 0 Å². The molecule has 1 aromatic carbocycles. The molecular weight excluding hydrogens is 322 g/mol. The molecule has 0 aliphatic heterocycles. The zero-order valence-electron chi connectivity index (χ0n) is 10.3. The molecule has 0 saturated carbocycles. The molecule has 3 nitrogen and oxygen atoms in total. The third-order valence-electron chi connectivity index (χ3n) is 2.96. The zero-order valence-corrected chi connectivity index (χ0v) is 12.7. The molecule has 0 fully saturated rings. The molecule has 0 aliphatic rings. The largest absolute Gasteiger partial charge is 0.307 e. The Balaban J connectivity index is 2.09. The first-order valence-corrected chi connectivity index (χ1v) is 7.58. The summed E-state index contributed by atoms with van der Waals surface area (Å²) in [5, 5.41) is 5.37. The third-order valence-corrected chi connectivity index (χ3v) is 4.89. The summed E-state index contributed by atoms with van der Waals surface area (Å²) in [6.07, 6.45) is 1.84. The first-order valence-electron chi connectivity index (χ1n) is 5.91. The van der Waals surface area contributed by atoms with E-state index in [0.717, 1.165) is 21.2 Å². The molecule has 0 bridgehead atoms. The molecule has 2 aromatic heterocycles. The number of fused-ring (bicyclic) bond motifs is 1. The van der Waals surface area contributed by atoms with E-state index in [4.69, 9.17) is 4.98 Å². The monoisotopic (exact) mass is 333 g/mol. The number of hydrogen-bond donors (Lipinski definition) is 1. The second-order valence-electron chi connectivity index (χ2n) is 4.14. The predicted octanol–water partition coefficient (Wildman–Crippen LogP) is 3.76. The van der Waals surface area contributed by atoms with Crippen LogP contribution in [-0.4, -0.2) is 17.0 Å². The normalized spacial score (nSPS) is 12.7. The number of nitrogens with zero attached hydrogens (tertiary/aromatic N) is 2. The van der Waals surface area contributed by atoms with E-state index >= 15 is 0 Å². The van der Waals surface area contributed by atoms with E-state index in [2.05, 4.69) is 37.7 Å². The second kappa shape index (κ2) is 5.36. The zero-order chi connectivity index (χ0) is 13.2. The van der Waals surface area contributed by atoms with E-state index < -0.39 is 0 Å². The fourth-order valence-corrected chi connectivity index (χ4v) is 3.76. The molecule has 3 rings (SSSR count). The van der Waals surface area contributed by atoms with Crippen molar-refractivity contribution in [1.29, 1.82) is 0 Å². The lowest BCUT2D eigenvalue weighted by molar-refractivity contribution is 0.680. The lowest BCUT2D eigenvalue weighted by Gasteiger charge is -2.15. The average molecular weight is 334 g/mol. The average Bonchev–Trinajstić information content (AvgIpc) is 2.86. The van der Waals surface area contributed by atoms with Crippen LogP contribution >= 0.6 is 27.3 Å². The number of benzene rings is 1. The van der Waals surface area contributed by atoms with Crippen LogP contribution in [0.5, 0.6) is 0 Å². The number of nitrogens with one attached hydrogen (secondary N) is 1. The van der Waals surface area contributed by atoms with Gasteiger partial charge in [-0.25, -0.2) is 4.98 Å². The van der Waals surface area contributed by atoms with Gasteiger partial charge in [0.25, 0.3) is 0 Å². The van der Waals surface area contributed by atoms with E-state index in [9.17, 15) is 0 Å². The van der Waals surface area contributed by atoms with Crippen molar-refractivity contribution in [3.63, 3.8) is 0 Å². The van der Waals surface area contributed by atoms with Gasteiger partial charge in [0.1, 0.15) is 0 Å². The highest BCUT2D eigenvalue weighted by atomic mass is 79.9. The van der Waals surface area contributed by atoms with Crippen molar-refractivity contribution in [3.05, 3.63) is 57.0 Å². The molecule has 0 spiro atoms. The maximum Gasteiger partial charge on any atom is 0.0891 e. The van der Waals surface area contributed by atoms with Gasteiger partial charge in [-0.3, -0.25) is 4.98 Å². The summed E-state index contributed by atoms with van der Waals surface area (Å²) in [5.41, 5.74) is 2.78. The van der Waals surface area contributed by atoms with Gasteiger partial charge in [0.15, 0.2) is 0 Å². The van der Waals surface area contributed by atoms with Crippen LogP contribution in [0.1, 0.15) is 16.6 Å². The van der Waals surface area contributed by atoms with Gasteiger partial charge in [-0.2, -0.15) is 0 Å². The quantitative estimate of drug-likeness (QED) is 0.792. The summed E-state index contributed by atoms with van der Waals surface area (Å²) in [6, 6.07) is 10.0. The van der Waals surface area contributed by atoms with Crippen molar-refractivity contribution < 1.29 is 0 Å². The molecule has 2 heterocycles. The predicted molar refractivity (Wildman–Crippen MR) is 82.5 cm³/mol. The van der Waals surface area contributed by atoms with Crippen LogP contribution in [-0.2, 0) is 0 Å². The minimum absolute atomic E-state index is 0.0616. The smallest absolute Gasteiger partial charge is 0.0891 e. The van der Waals surface area contributed by atoms with Gasteiger partial charge in [0.05, 0.1) is 29.0 Å². The topological polar surface area (TPSA) is 37.8 Å². The van der Waals surface area contributed by atoms with Crippen molar-refractivity contribution in [3.8, 4) is 0 Å². The van der Waals surface area contributed by atoms with Gasteiger partial charge in [0.2, 0.25) is 0 Å². The van der Waals surface area contributed by atoms with Crippen LogP contribution in [0.4, 0.5) is 0 Å². The Morgan fingerprint density at radius 1 is 1.21 bits per heavy atom. The summed E-state index contributed by atoms with van der Waals surface area (Å²) in [5.74, 6) is 0. The van der Waals surface area contributed by atoms with Crippen LogP contribution in [0, 0.1) is 0 Å². The first-order chi connectivity index (χ1) is 9.29. The number of aromatic nitrogens is 2. The summed E-state index contributed by atoms with van der Waals surface area (Å²) in [7, 11) is 1.94. The number of halogens is 1. The highest BCUT2D eigenvalue weighted by Gasteiger charge is 2.18. The molecule has 1 unspecified atom stereocenters. The van der Waals surface area contributed by atoms with E-state index in [1.54, 1.807) is 11.3 Å². The van der Waals surface area contributed by atoms with Crippen LogP contribution in [0.3, 0.4) is 0 Å². The lowest BCUT2D eigenvalue weighted by atomic mass is 10.1. The van der Waals surface area contributed by atoms with E-state index in [-0.39, 0.29) is 6.04 Å². The van der Waals surface area contributed by atoms with E-state index in [1.165, 1.54) is 4.88 Å². The summed E-state index contributed by atoms with van der Waals surface area (Å²) in [6.45, 7) is 0. The number of thiophene rings is 1. The molecule has 1 atom stereocenters. The van der Waals surface area contributed by atoms with Crippen LogP contribution in [0.15, 0.2) is 46.4 Å². The Hall–Kier alpha value is -1.30. The van der Waals surface area contributed by atoms with Gasteiger partial charge in [-0.15, -0.1) is 11.3 Å². The Bertz CT molecular complexity index is 710. The Morgan fingerprint density at radius 2 is 2.00 bits per heavy atom. The van der Waals surface area contributed by atoms with E-state index in [1.807, 2.05) is 37.5 Å². The van der Waals surface area contributed by atoms with Gasteiger partial charge < -0.3 is 5.32 Å². The fraction of sp³-hybridized carbons (Fsp3) is 0.143. The molecule has 3 aromatic rings. The SMILES string of the molecule is CNC(c1cnc2ccccc2n1)c1sccc1Br. The number of para-hydroxylation sites is 2. The van der Waals surface area contributed by atoms with Crippen molar-refractivity contribution in [2.45, 2.75) is 6.04 Å². The fourth-order valence-electron chi connectivity index (χ4n) is 2.04. The molecule has 96 valence electrons. The van der Waals surface area contributed by atoms with Crippen molar-refractivity contribution >= 4 is 38.3 Å². The minimum atomic E-state index is 0.0616. The first kappa shape index (κ1) is 12.7. The standard InChI is InChI=1S/C14H12BrN3S/c1-16-13(14-9(15)6-7-19-14)12-8-17-10-4-2-3-5-11(10)18-12/h2-8,13,16H,1H3. The Kier molecular flexibility index (Phi) is 3.59. The Morgan fingerprint density at radius 3 is 2.68 bits per heavy atom. The van der Waals surface area contributed by atoms with Gasteiger partial charge >= 0.3 is 0 Å². The highest BCUT2D eigenvalue weighted by molar-refractivity contribution is 9.10. The molecule has 5 heteroatoms. The molecule has 0 saturated heterocycles. The highest BCUT2D eigenvalue weighted by Crippen LogP contribution is 2.32.